The molecule has 0 unspecified atom stereocenters. The number of methoxy groups -OCH3 is 1. The van der Waals surface area contributed by atoms with Crippen LogP contribution < -0.4 is 15.4 Å². The molecule has 0 saturated carbocycles. The number of carbonyl (C=O) groups excluding carboxylic acids is 2. The summed E-state index contributed by atoms with van der Waals surface area (Å²) in [5.74, 6) is 0.413. The molecule has 7 heteroatoms. The van der Waals surface area contributed by atoms with Crippen LogP contribution in [0.3, 0.4) is 0 Å². The molecule has 0 atom stereocenters. The van der Waals surface area contributed by atoms with Gasteiger partial charge in [-0.3, -0.25) is 14.5 Å². The minimum atomic E-state index is -0.167. The van der Waals surface area contributed by atoms with E-state index in [1.807, 2.05) is 37.4 Å². The molecule has 0 aliphatic heterocycles. The predicted molar refractivity (Wildman–Crippen MR) is 111 cm³/mol. The maximum Gasteiger partial charge on any atom is 0.238 e. The van der Waals surface area contributed by atoms with Crippen LogP contribution in [0, 0.1) is 0 Å². The van der Waals surface area contributed by atoms with Crippen molar-refractivity contribution in [1.82, 2.24) is 4.90 Å². The van der Waals surface area contributed by atoms with Crippen molar-refractivity contribution < 1.29 is 14.3 Å². The Morgan fingerprint density at radius 1 is 0.926 bits per heavy atom. The van der Waals surface area contributed by atoms with Gasteiger partial charge >= 0.3 is 0 Å². The van der Waals surface area contributed by atoms with Crippen LogP contribution in [-0.2, 0) is 9.59 Å². The molecule has 2 rings (SSSR count). The number of rotatable bonds is 9. The van der Waals surface area contributed by atoms with E-state index in [0.717, 1.165) is 16.3 Å². The molecule has 0 fully saturated rings. The quantitative estimate of drug-likeness (QED) is 0.646. The molecular formula is C20H25N3O3S. The summed E-state index contributed by atoms with van der Waals surface area (Å²) in [6.07, 6.45) is 2.00. The average Bonchev–Trinajstić information content (AvgIpc) is 2.68. The third kappa shape index (κ3) is 6.96. The number of anilines is 2. The highest BCUT2D eigenvalue weighted by Crippen LogP contribution is 2.17. The lowest BCUT2D eigenvalue weighted by atomic mass is 10.3. The second kappa shape index (κ2) is 10.6. The average molecular weight is 388 g/mol. The van der Waals surface area contributed by atoms with Gasteiger partial charge < -0.3 is 15.4 Å². The van der Waals surface area contributed by atoms with Crippen LogP contribution >= 0.6 is 11.8 Å². The molecule has 2 N–H and O–H groups in total. The van der Waals surface area contributed by atoms with Gasteiger partial charge in [-0.25, -0.2) is 0 Å². The molecule has 6 nitrogen and oxygen atoms in total. The van der Waals surface area contributed by atoms with Gasteiger partial charge in [-0.15, -0.1) is 11.8 Å². The van der Waals surface area contributed by atoms with E-state index in [2.05, 4.69) is 10.6 Å². The molecule has 0 heterocycles. The van der Waals surface area contributed by atoms with Crippen molar-refractivity contribution in [2.24, 2.45) is 0 Å². The molecule has 0 spiro atoms. The summed E-state index contributed by atoms with van der Waals surface area (Å²) < 4.78 is 5.10. The van der Waals surface area contributed by atoms with Crippen molar-refractivity contribution in [3.63, 3.8) is 0 Å². The first kappa shape index (κ1) is 20.8. The summed E-state index contributed by atoms with van der Waals surface area (Å²) in [7, 11) is 1.59. The van der Waals surface area contributed by atoms with Crippen molar-refractivity contribution >= 4 is 35.0 Å². The Bertz CT molecular complexity index is 685. The second-order valence-electron chi connectivity index (χ2n) is 5.86. The maximum atomic E-state index is 12.2. The van der Waals surface area contributed by atoms with Crippen molar-refractivity contribution in [1.29, 1.82) is 0 Å². The number of benzene rings is 2. The van der Waals surface area contributed by atoms with Crippen molar-refractivity contribution in [3.05, 3.63) is 48.5 Å². The van der Waals surface area contributed by atoms with Gasteiger partial charge in [0.15, 0.2) is 0 Å². The fourth-order valence-electron chi connectivity index (χ4n) is 2.44. The zero-order chi connectivity index (χ0) is 19.6. The summed E-state index contributed by atoms with van der Waals surface area (Å²) in [5, 5.41) is 5.68. The van der Waals surface area contributed by atoms with Gasteiger partial charge in [0, 0.05) is 16.3 Å². The van der Waals surface area contributed by atoms with Gasteiger partial charge in [0.25, 0.3) is 0 Å². The molecule has 0 saturated heterocycles. The van der Waals surface area contributed by atoms with Crippen LogP contribution in [0.2, 0.25) is 0 Å². The summed E-state index contributed by atoms with van der Waals surface area (Å²) >= 11 is 1.65. The van der Waals surface area contributed by atoms with Crippen LogP contribution in [-0.4, -0.2) is 49.7 Å². The monoisotopic (exact) mass is 387 g/mol. The van der Waals surface area contributed by atoms with Gasteiger partial charge in [-0.1, -0.05) is 6.92 Å². The Morgan fingerprint density at radius 3 is 1.81 bits per heavy atom. The van der Waals surface area contributed by atoms with E-state index in [0.29, 0.717) is 12.2 Å². The molecule has 0 bridgehead atoms. The van der Waals surface area contributed by atoms with Gasteiger partial charge in [0.2, 0.25) is 11.8 Å². The highest BCUT2D eigenvalue weighted by atomic mass is 32.2. The Hall–Kier alpha value is -2.51. The molecule has 0 aliphatic carbocycles. The lowest BCUT2D eigenvalue weighted by molar-refractivity contribution is -0.119. The number of thioether (sulfide) groups is 1. The summed E-state index contributed by atoms with van der Waals surface area (Å²) in [5.41, 5.74) is 1.44. The Labute approximate surface area is 164 Å². The summed E-state index contributed by atoms with van der Waals surface area (Å²) in [4.78, 5) is 27.4. The van der Waals surface area contributed by atoms with E-state index in [1.165, 1.54) is 0 Å². The van der Waals surface area contributed by atoms with E-state index in [4.69, 9.17) is 4.74 Å². The highest BCUT2D eigenvalue weighted by Gasteiger charge is 2.13. The molecule has 2 aromatic carbocycles. The van der Waals surface area contributed by atoms with Crippen LogP contribution in [0.5, 0.6) is 5.75 Å². The van der Waals surface area contributed by atoms with Crippen LogP contribution in [0.4, 0.5) is 11.4 Å². The SMILES string of the molecule is CCN(CC(=O)Nc1ccc(OC)cc1)CC(=O)Nc1ccc(SC)cc1. The lowest BCUT2D eigenvalue weighted by Crippen LogP contribution is -2.38. The second-order valence-corrected chi connectivity index (χ2v) is 6.74. The first-order chi connectivity index (χ1) is 13.0. The highest BCUT2D eigenvalue weighted by molar-refractivity contribution is 7.98. The fraction of sp³-hybridized carbons (Fsp3) is 0.300. The number of nitrogens with one attached hydrogen (secondary N) is 2. The van der Waals surface area contributed by atoms with E-state index in [-0.39, 0.29) is 24.9 Å². The molecular weight excluding hydrogens is 362 g/mol. The zero-order valence-corrected chi connectivity index (χ0v) is 16.6. The van der Waals surface area contributed by atoms with Crippen LogP contribution in [0.1, 0.15) is 6.92 Å². The van der Waals surface area contributed by atoms with E-state index < -0.39 is 0 Å². The first-order valence-corrected chi connectivity index (χ1v) is 9.86. The zero-order valence-electron chi connectivity index (χ0n) is 15.8. The Morgan fingerprint density at radius 2 is 1.41 bits per heavy atom. The molecule has 0 aromatic heterocycles. The van der Waals surface area contributed by atoms with E-state index in [1.54, 1.807) is 48.0 Å². The van der Waals surface area contributed by atoms with E-state index >= 15 is 0 Å². The molecule has 2 aromatic rings. The van der Waals surface area contributed by atoms with Crippen LogP contribution in [0.15, 0.2) is 53.4 Å². The third-order valence-corrected chi connectivity index (χ3v) is 4.67. The maximum absolute atomic E-state index is 12.2. The van der Waals surface area contributed by atoms with Crippen LogP contribution in [0.25, 0.3) is 0 Å². The van der Waals surface area contributed by atoms with Crippen molar-refractivity contribution in [2.75, 3.05) is 43.6 Å². The molecule has 2 amide bonds. The number of ether oxygens (including phenoxy) is 1. The fourth-order valence-corrected chi connectivity index (χ4v) is 2.84. The topological polar surface area (TPSA) is 70.7 Å². The summed E-state index contributed by atoms with van der Waals surface area (Å²) in [6.45, 7) is 2.80. The number of amides is 2. The van der Waals surface area contributed by atoms with E-state index in [9.17, 15) is 9.59 Å². The smallest absolute Gasteiger partial charge is 0.238 e. The largest absolute Gasteiger partial charge is 0.497 e. The van der Waals surface area contributed by atoms with Gasteiger partial charge in [0.05, 0.1) is 20.2 Å². The van der Waals surface area contributed by atoms with Crippen molar-refractivity contribution in [2.45, 2.75) is 11.8 Å². The van der Waals surface area contributed by atoms with Gasteiger partial charge in [-0.05, 0) is 61.3 Å². The molecule has 0 aliphatic rings. The lowest BCUT2D eigenvalue weighted by Gasteiger charge is -2.19. The molecule has 27 heavy (non-hydrogen) atoms. The predicted octanol–water partition coefficient (Wildman–Crippen LogP) is 3.32. The number of hydrogen-bond donors (Lipinski definition) is 2. The standard InChI is InChI=1S/C20H25N3O3S/c1-4-23(13-19(24)21-15-5-9-17(26-2)10-6-15)14-20(25)22-16-7-11-18(27-3)12-8-16/h5-12H,4,13-14H2,1-3H3,(H,21,24)(H,22,25). The number of likely N-dealkylation sites (N-methyl/N-ethyl adjacent to an activating group) is 1. The minimum absolute atomic E-state index is 0.140. The number of nitrogens with zero attached hydrogens (tertiary/aromatic N) is 1. The molecule has 144 valence electrons. The minimum Gasteiger partial charge on any atom is -0.497 e. The third-order valence-electron chi connectivity index (χ3n) is 3.93. The van der Waals surface area contributed by atoms with Gasteiger partial charge in [0.1, 0.15) is 5.75 Å². The summed E-state index contributed by atoms with van der Waals surface area (Å²) in [6, 6.07) is 14.8. The van der Waals surface area contributed by atoms with Gasteiger partial charge in [-0.2, -0.15) is 0 Å². The number of carbonyl (C=O) groups is 2. The molecule has 0 radical (unpaired) electrons. The Kier molecular flexibility index (Phi) is 8.16. The normalized spacial score (nSPS) is 10.5. The number of hydrogen-bond acceptors (Lipinski definition) is 5. The van der Waals surface area contributed by atoms with Crippen molar-refractivity contribution in [3.8, 4) is 5.75 Å². The Balaban J connectivity index is 1.83. The first-order valence-electron chi connectivity index (χ1n) is 8.64.